The summed E-state index contributed by atoms with van der Waals surface area (Å²) in [4.78, 5) is 13.4. The summed E-state index contributed by atoms with van der Waals surface area (Å²) in [5, 5.41) is 11.7. The van der Waals surface area contributed by atoms with Crippen LogP contribution in [-0.2, 0) is 17.8 Å². The third-order valence-corrected chi connectivity index (χ3v) is 6.38. The average molecular weight is 407 g/mol. The number of thioether (sulfide) groups is 1. The van der Waals surface area contributed by atoms with Crippen molar-refractivity contribution in [3.8, 4) is 11.4 Å². The molecule has 0 radical (unpaired) electrons. The van der Waals surface area contributed by atoms with Crippen LogP contribution in [-0.4, -0.2) is 26.4 Å². The molecule has 0 saturated heterocycles. The van der Waals surface area contributed by atoms with Crippen LogP contribution in [0.5, 0.6) is 0 Å². The van der Waals surface area contributed by atoms with Crippen LogP contribution in [0.3, 0.4) is 0 Å². The van der Waals surface area contributed by atoms with E-state index in [2.05, 4.69) is 52.1 Å². The molecule has 3 aromatic rings. The van der Waals surface area contributed by atoms with Gasteiger partial charge in [-0.05, 0) is 74.2 Å². The number of carbonyl (C=O) groups is 1. The van der Waals surface area contributed by atoms with Crippen LogP contribution in [0.2, 0.25) is 0 Å². The monoisotopic (exact) mass is 406 g/mol. The minimum absolute atomic E-state index is 0.00248. The lowest BCUT2D eigenvalue weighted by molar-refractivity contribution is -0.113. The minimum Gasteiger partial charge on any atom is -0.325 e. The molecule has 0 aliphatic carbocycles. The molecule has 0 unspecified atom stereocenters. The number of hydrogen-bond acceptors (Lipinski definition) is 4. The molecule has 2 heterocycles. The molecule has 1 amide bonds. The maximum atomic E-state index is 12.3. The van der Waals surface area contributed by atoms with E-state index in [0.29, 0.717) is 5.75 Å². The summed E-state index contributed by atoms with van der Waals surface area (Å²) in [6.07, 6.45) is 4.60. The second kappa shape index (κ2) is 8.82. The van der Waals surface area contributed by atoms with E-state index >= 15 is 0 Å². The molecule has 1 aliphatic heterocycles. The molecule has 4 rings (SSSR count). The van der Waals surface area contributed by atoms with Gasteiger partial charge in [-0.25, -0.2) is 0 Å². The minimum atomic E-state index is -0.00248. The average Bonchev–Trinajstić information content (AvgIpc) is 2.97. The largest absolute Gasteiger partial charge is 0.325 e. The van der Waals surface area contributed by atoms with Crippen LogP contribution in [0.1, 0.15) is 36.2 Å². The van der Waals surface area contributed by atoms with E-state index in [1.54, 1.807) is 11.8 Å². The highest BCUT2D eigenvalue weighted by molar-refractivity contribution is 8.00. The number of aryl methyl sites for hydroxylation is 3. The number of rotatable bonds is 5. The van der Waals surface area contributed by atoms with E-state index in [1.165, 1.54) is 30.4 Å². The molecule has 5 nitrogen and oxygen atoms in total. The Hall–Kier alpha value is -2.60. The topological polar surface area (TPSA) is 59.8 Å². The van der Waals surface area contributed by atoms with E-state index in [9.17, 15) is 4.79 Å². The van der Waals surface area contributed by atoms with Crippen molar-refractivity contribution in [2.75, 3.05) is 11.1 Å². The van der Waals surface area contributed by atoms with Crippen molar-refractivity contribution < 1.29 is 4.79 Å². The van der Waals surface area contributed by atoms with Crippen LogP contribution in [0, 0.1) is 13.8 Å². The van der Waals surface area contributed by atoms with Crippen molar-refractivity contribution in [1.82, 2.24) is 14.8 Å². The number of hydrogen-bond donors (Lipinski definition) is 1. The fourth-order valence-electron chi connectivity index (χ4n) is 3.55. The van der Waals surface area contributed by atoms with E-state index in [1.807, 2.05) is 24.3 Å². The first-order valence-corrected chi connectivity index (χ1v) is 11.1. The summed E-state index contributed by atoms with van der Waals surface area (Å²) in [6, 6.07) is 14.2. The highest BCUT2D eigenvalue weighted by atomic mass is 32.2. The molecule has 1 N–H and O–H groups in total. The van der Waals surface area contributed by atoms with Gasteiger partial charge in [0.2, 0.25) is 5.91 Å². The SMILES string of the molecule is Cc1ccc(SCC(=O)Nc2ccc(-c3nnc4n3CCCCC4)cc2)cc1C. The molecule has 0 bridgehead atoms. The van der Waals surface area contributed by atoms with Gasteiger partial charge in [0, 0.05) is 29.1 Å². The highest BCUT2D eigenvalue weighted by Crippen LogP contribution is 2.25. The predicted molar refractivity (Wildman–Crippen MR) is 118 cm³/mol. The molecule has 2 aromatic carbocycles. The van der Waals surface area contributed by atoms with Gasteiger partial charge in [-0.1, -0.05) is 12.5 Å². The Labute approximate surface area is 175 Å². The second-order valence-electron chi connectivity index (χ2n) is 7.56. The molecule has 0 fully saturated rings. The predicted octanol–water partition coefficient (Wildman–Crippen LogP) is 5.02. The van der Waals surface area contributed by atoms with E-state index in [4.69, 9.17) is 0 Å². The zero-order valence-electron chi connectivity index (χ0n) is 16.9. The van der Waals surface area contributed by atoms with E-state index < -0.39 is 0 Å². The molecule has 0 spiro atoms. The van der Waals surface area contributed by atoms with Gasteiger partial charge in [-0.15, -0.1) is 22.0 Å². The number of benzene rings is 2. The van der Waals surface area contributed by atoms with Gasteiger partial charge >= 0.3 is 0 Å². The number of carbonyl (C=O) groups excluding carboxylic acids is 1. The van der Waals surface area contributed by atoms with Gasteiger partial charge < -0.3 is 9.88 Å². The molecule has 0 saturated carbocycles. The van der Waals surface area contributed by atoms with Gasteiger partial charge in [0.25, 0.3) is 0 Å². The van der Waals surface area contributed by atoms with Gasteiger partial charge in [0.15, 0.2) is 5.82 Å². The number of aromatic nitrogens is 3. The first kappa shape index (κ1) is 19.7. The number of nitrogens with zero attached hydrogens (tertiary/aromatic N) is 3. The molecule has 1 aliphatic rings. The lowest BCUT2D eigenvalue weighted by atomic mass is 10.1. The summed E-state index contributed by atoms with van der Waals surface area (Å²) in [5.74, 6) is 2.39. The Balaban J connectivity index is 1.37. The molecule has 0 atom stereocenters. The Morgan fingerprint density at radius 1 is 1.03 bits per heavy atom. The summed E-state index contributed by atoms with van der Waals surface area (Å²) in [6.45, 7) is 5.16. The number of anilines is 1. The third kappa shape index (κ3) is 4.70. The highest BCUT2D eigenvalue weighted by Gasteiger charge is 2.16. The first-order valence-electron chi connectivity index (χ1n) is 10.1. The quantitative estimate of drug-likeness (QED) is 0.605. The van der Waals surface area contributed by atoms with Crippen molar-refractivity contribution in [1.29, 1.82) is 0 Å². The van der Waals surface area contributed by atoms with E-state index in [-0.39, 0.29) is 5.91 Å². The standard InChI is InChI=1S/C23H26N4OS/c1-16-7-12-20(14-17(16)2)29-15-22(28)24-19-10-8-18(9-11-19)23-26-25-21-6-4-3-5-13-27(21)23/h7-12,14H,3-6,13,15H2,1-2H3,(H,24,28). The zero-order chi connectivity index (χ0) is 20.2. The van der Waals surface area contributed by atoms with Crippen molar-refractivity contribution >= 4 is 23.4 Å². The number of nitrogens with one attached hydrogen (secondary N) is 1. The summed E-state index contributed by atoms with van der Waals surface area (Å²) < 4.78 is 2.24. The fourth-order valence-corrected chi connectivity index (χ4v) is 4.35. The van der Waals surface area contributed by atoms with Gasteiger partial charge in [-0.2, -0.15) is 0 Å². The summed E-state index contributed by atoms with van der Waals surface area (Å²) >= 11 is 1.56. The van der Waals surface area contributed by atoms with Gasteiger partial charge in [0.05, 0.1) is 5.75 Å². The lowest BCUT2D eigenvalue weighted by Gasteiger charge is -2.09. The Bertz CT molecular complexity index is 1010. The Morgan fingerprint density at radius 2 is 1.86 bits per heavy atom. The van der Waals surface area contributed by atoms with Gasteiger partial charge in [0.1, 0.15) is 5.82 Å². The third-order valence-electron chi connectivity index (χ3n) is 5.38. The Kier molecular flexibility index (Phi) is 6.00. The molecule has 1 aromatic heterocycles. The van der Waals surface area contributed by atoms with E-state index in [0.717, 1.165) is 40.8 Å². The molecule has 150 valence electrons. The smallest absolute Gasteiger partial charge is 0.234 e. The molecule has 6 heteroatoms. The van der Waals surface area contributed by atoms with Crippen molar-refractivity contribution in [3.63, 3.8) is 0 Å². The fraction of sp³-hybridized carbons (Fsp3) is 0.348. The second-order valence-corrected chi connectivity index (χ2v) is 8.61. The van der Waals surface area contributed by atoms with Crippen molar-refractivity contribution in [2.24, 2.45) is 0 Å². The van der Waals surface area contributed by atoms with Gasteiger partial charge in [-0.3, -0.25) is 4.79 Å². The molecular formula is C23H26N4OS. The maximum absolute atomic E-state index is 12.3. The first-order chi connectivity index (χ1) is 14.1. The summed E-state index contributed by atoms with van der Waals surface area (Å²) in [7, 11) is 0. The lowest BCUT2D eigenvalue weighted by Crippen LogP contribution is -2.13. The normalized spacial score (nSPS) is 13.6. The molecular weight excluding hydrogens is 380 g/mol. The maximum Gasteiger partial charge on any atom is 0.234 e. The van der Waals surface area contributed by atoms with Crippen LogP contribution < -0.4 is 5.32 Å². The van der Waals surface area contributed by atoms with Crippen LogP contribution in [0.25, 0.3) is 11.4 Å². The summed E-state index contributed by atoms with van der Waals surface area (Å²) in [5.41, 5.74) is 4.35. The number of amides is 1. The molecule has 29 heavy (non-hydrogen) atoms. The number of fused-ring (bicyclic) bond motifs is 1. The Morgan fingerprint density at radius 3 is 2.66 bits per heavy atom. The van der Waals surface area contributed by atoms with Crippen LogP contribution >= 0.6 is 11.8 Å². The van der Waals surface area contributed by atoms with Crippen molar-refractivity contribution in [2.45, 2.75) is 51.0 Å². The van der Waals surface area contributed by atoms with Crippen LogP contribution in [0.4, 0.5) is 5.69 Å². The van der Waals surface area contributed by atoms with Crippen LogP contribution in [0.15, 0.2) is 47.4 Å². The van der Waals surface area contributed by atoms with Crippen molar-refractivity contribution in [3.05, 3.63) is 59.4 Å². The zero-order valence-corrected chi connectivity index (χ0v) is 17.8.